The van der Waals surface area contributed by atoms with Crippen molar-refractivity contribution in [2.24, 2.45) is 5.92 Å². The number of nitrogens with one attached hydrogen (secondary N) is 1. The molecule has 0 saturated heterocycles. The molecule has 0 aliphatic rings. The van der Waals surface area contributed by atoms with Crippen LogP contribution in [0.1, 0.15) is 13.8 Å². The van der Waals surface area contributed by atoms with Crippen LogP contribution in [0.15, 0.2) is 36.5 Å². The van der Waals surface area contributed by atoms with E-state index >= 15 is 0 Å². The molecule has 1 aromatic carbocycles. The van der Waals surface area contributed by atoms with E-state index in [4.69, 9.17) is 0 Å². The quantitative estimate of drug-likeness (QED) is 0.833. The van der Waals surface area contributed by atoms with Crippen LogP contribution in [0.25, 0.3) is 10.9 Å². The molecule has 1 heterocycles. The molecule has 0 aliphatic heterocycles. The van der Waals surface area contributed by atoms with Gasteiger partial charge in [0.2, 0.25) is 5.91 Å². The Morgan fingerprint density at radius 2 is 2.06 bits per heavy atom. The first-order chi connectivity index (χ1) is 8.58. The van der Waals surface area contributed by atoms with Gasteiger partial charge in [-0.1, -0.05) is 32.0 Å². The number of hydrogen-bond acceptors (Lipinski definition) is 3. The number of pyridine rings is 1. The minimum Gasteiger partial charge on any atom is -0.324 e. The highest BCUT2D eigenvalue weighted by Gasteiger charge is 2.17. The first kappa shape index (κ1) is 12.9. The van der Waals surface area contributed by atoms with Gasteiger partial charge < -0.3 is 5.32 Å². The number of thiol groups is 1. The number of nitrogens with zero attached hydrogens (tertiary/aromatic N) is 1. The summed E-state index contributed by atoms with van der Waals surface area (Å²) in [5.74, 6) is 0.104. The lowest BCUT2D eigenvalue weighted by molar-refractivity contribution is -0.116. The lowest BCUT2D eigenvalue weighted by atomic mass is 10.1. The predicted octanol–water partition coefficient (Wildman–Crippen LogP) is 3.13. The molecular weight excluding hydrogens is 244 g/mol. The van der Waals surface area contributed by atoms with Gasteiger partial charge in [-0.3, -0.25) is 9.78 Å². The third-order valence-corrected chi connectivity index (χ3v) is 3.59. The molecule has 0 saturated carbocycles. The summed E-state index contributed by atoms with van der Waals surface area (Å²) in [5.41, 5.74) is 1.63. The highest BCUT2D eigenvalue weighted by atomic mass is 32.1. The lowest BCUT2D eigenvalue weighted by Gasteiger charge is -2.14. The third kappa shape index (κ3) is 2.82. The minimum absolute atomic E-state index is 0.0922. The van der Waals surface area contributed by atoms with Gasteiger partial charge in [-0.05, 0) is 18.1 Å². The Kier molecular flexibility index (Phi) is 3.87. The normalized spacial score (nSPS) is 12.7. The highest BCUT2D eigenvalue weighted by Crippen LogP contribution is 2.17. The first-order valence-electron chi connectivity index (χ1n) is 5.91. The maximum absolute atomic E-state index is 11.9. The second-order valence-corrected chi connectivity index (χ2v) is 5.15. The van der Waals surface area contributed by atoms with Crippen LogP contribution in [0.4, 0.5) is 5.69 Å². The van der Waals surface area contributed by atoms with Crippen LogP contribution >= 0.6 is 12.6 Å². The SMILES string of the molecule is CC(C)C(S)C(=O)Nc1cnc2ccccc2c1. The topological polar surface area (TPSA) is 42.0 Å². The Morgan fingerprint density at radius 3 is 2.78 bits per heavy atom. The van der Waals surface area contributed by atoms with Gasteiger partial charge in [0.05, 0.1) is 22.7 Å². The van der Waals surface area contributed by atoms with Crippen LogP contribution in [-0.4, -0.2) is 16.1 Å². The molecule has 3 nitrogen and oxygen atoms in total. The number of rotatable bonds is 3. The van der Waals surface area contributed by atoms with Gasteiger partial charge in [-0.2, -0.15) is 12.6 Å². The Bertz CT molecular complexity index is 568. The smallest absolute Gasteiger partial charge is 0.237 e. The molecule has 0 spiro atoms. The molecule has 1 aromatic heterocycles. The zero-order valence-electron chi connectivity index (χ0n) is 10.4. The summed E-state index contributed by atoms with van der Waals surface area (Å²) in [6, 6.07) is 9.72. The van der Waals surface area contributed by atoms with E-state index in [1.165, 1.54) is 0 Å². The largest absolute Gasteiger partial charge is 0.324 e. The van der Waals surface area contributed by atoms with Crippen molar-refractivity contribution in [2.45, 2.75) is 19.1 Å². The number of amides is 1. The number of fused-ring (bicyclic) bond motifs is 1. The summed E-state index contributed by atoms with van der Waals surface area (Å²) in [7, 11) is 0. The maximum Gasteiger partial charge on any atom is 0.237 e. The lowest BCUT2D eigenvalue weighted by Crippen LogP contribution is -2.27. The molecule has 0 fully saturated rings. The fourth-order valence-electron chi connectivity index (χ4n) is 1.66. The first-order valence-corrected chi connectivity index (χ1v) is 6.43. The molecule has 2 aromatic rings. The Balaban J connectivity index is 2.19. The molecule has 1 amide bonds. The molecule has 0 bridgehead atoms. The fraction of sp³-hybridized carbons (Fsp3) is 0.286. The number of carbonyl (C=O) groups is 1. The summed E-state index contributed by atoms with van der Waals surface area (Å²) in [6.45, 7) is 3.94. The van der Waals surface area contributed by atoms with Gasteiger partial charge in [0, 0.05) is 5.39 Å². The van der Waals surface area contributed by atoms with E-state index < -0.39 is 0 Å². The Morgan fingerprint density at radius 1 is 1.33 bits per heavy atom. The number of aromatic nitrogens is 1. The number of hydrogen-bond donors (Lipinski definition) is 2. The molecular formula is C14H16N2OS. The average molecular weight is 260 g/mol. The second kappa shape index (κ2) is 5.40. The van der Waals surface area contributed by atoms with Crippen molar-refractivity contribution in [3.63, 3.8) is 0 Å². The van der Waals surface area contributed by atoms with Gasteiger partial charge in [0.25, 0.3) is 0 Å². The molecule has 1 atom stereocenters. The van der Waals surface area contributed by atoms with E-state index in [9.17, 15) is 4.79 Å². The second-order valence-electron chi connectivity index (χ2n) is 4.59. The van der Waals surface area contributed by atoms with Crippen LogP contribution in [0.5, 0.6) is 0 Å². The number of para-hydroxylation sites is 1. The predicted molar refractivity (Wildman–Crippen MR) is 78.0 cm³/mol. The van der Waals surface area contributed by atoms with Crippen LogP contribution in [0.2, 0.25) is 0 Å². The molecule has 0 radical (unpaired) electrons. The van der Waals surface area contributed by atoms with E-state index in [0.29, 0.717) is 5.69 Å². The van der Waals surface area contributed by atoms with Crippen LogP contribution in [0, 0.1) is 5.92 Å². The summed E-state index contributed by atoms with van der Waals surface area (Å²) >= 11 is 4.29. The third-order valence-electron chi connectivity index (χ3n) is 2.76. The van der Waals surface area contributed by atoms with Gasteiger partial charge >= 0.3 is 0 Å². The number of benzene rings is 1. The van der Waals surface area contributed by atoms with Crippen LogP contribution in [-0.2, 0) is 4.79 Å². The van der Waals surface area contributed by atoms with Crippen molar-refractivity contribution in [3.05, 3.63) is 36.5 Å². The zero-order valence-corrected chi connectivity index (χ0v) is 11.3. The van der Waals surface area contributed by atoms with Crippen LogP contribution in [0.3, 0.4) is 0 Å². The molecule has 18 heavy (non-hydrogen) atoms. The molecule has 1 unspecified atom stereocenters. The fourth-order valence-corrected chi connectivity index (χ4v) is 1.72. The van der Waals surface area contributed by atoms with Crippen molar-refractivity contribution in [3.8, 4) is 0 Å². The zero-order chi connectivity index (χ0) is 13.1. The Labute approximate surface area is 112 Å². The molecule has 2 rings (SSSR count). The average Bonchev–Trinajstić information content (AvgIpc) is 2.37. The molecule has 94 valence electrons. The monoisotopic (exact) mass is 260 g/mol. The van der Waals surface area contributed by atoms with Gasteiger partial charge in [0.1, 0.15) is 0 Å². The molecule has 1 N–H and O–H groups in total. The maximum atomic E-state index is 11.9. The van der Waals surface area contributed by atoms with Crippen molar-refractivity contribution in [2.75, 3.05) is 5.32 Å². The number of carbonyl (C=O) groups excluding carboxylic acids is 1. The van der Waals surface area contributed by atoms with Gasteiger partial charge in [-0.15, -0.1) is 0 Å². The molecule has 0 aliphatic carbocycles. The van der Waals surface area contributed by atoms with E-state index in [0.717, 1.165) is 10.9 Å². The molecule has 4 heteroatoms. The van der Waals surface area contributed by atoms with Crippen molar-refractivity contribution in [1.29, 1.82) is 0 Å². The summed E-state index contributed by atoms with van der Waals surface area (Å²) in [6.07, 6.45) is 1.67. The van der Waals surface area contributed by atoms with E-state index in [-0.39, 0.29) is 17.1 Å². The van der Waals surface area contributed by atoms with Crippen molar-refractivity contribution in [1.82, 2.24) is 4.98 Å². The standard InChI is InChI=1S/C14H16N2OS/c1-9(2)13(18)14(17)16-11-7-10-5-3-4-6-12(10)15-8-11/h3-9,13,18H,1-2H3,(H,16,17). The number of anilines is 1. The summed E-state index contributed by atoms with van der Waals surface area (Å²) < 4.78 is 0. The van der Waals surface area contributed by atoms with Gasteiger partial charge in [0.15, 0.2) is 0 Å². The minimum atomic E-state index is -0.309. The van der Waals surface area contributed by atoms with E-state index in [1.807, 2.05) is 44.2 Å². The summed E-state index contributed by atoms with van der Waals surface area (Å²) in [4.78, 5) is 16.2. The Hall–Kier alpha value is -1.55. The highest BCUT2D eigenvalue weighted by molar-refractivity contribution is 7.81. The van der Waals surface area contributed by atoms with Crippen molar-refractivity contribution >= 4 is 35.1 Å². The van der Waals surface area contributed by atoms with Crippen molar-refractivity contribution < 1.29 is 4.79 Å². The van der Waals surface area contributed by atoms with Crippen LogP contribution < -0.4 is 5.32 Å². The van der Waals surface area contributed by atoms with E-state index in [2.05, 4.69) is 22.9 Å². The summed E-state index contributed by atoms with van der Waals surface area (Å²) in [5, 5.41) is 3.54. The van der Waals surface area contributed by atoms with Gasteiger partial charge in [-0.25, -0.2) is 0 Å². The van der Waals surface area contributed by atoms with E-state index in [1.54, 1.807) is 6.20 Å².